The summed E-state index contributed by atoms with van der Waals surface area (Å²) in [5, 5.41) is 11.5. The van der Waals surface area contributed by atoms with Gasteiger partial charge in [0.05, 0.1) is 11.6 Å². The zero-order valence-electron chi connectivity index (χ0n) is 16.3. The Hall–Kier alpha value is -3.66. The third-order valence-corrected chi connectivity index (χ3v) is 4.04. The molecule has 0 bridgehead atoms. The monoisotopic (exact) mass is 394 g/mol. The minimum Gasteiger partial charge on any atom is -0.479 e. The Balaban J connectivity index is 1.80. The van der Waals surface area contributed by atoms with Gasteiger partial charge in [-0.25, -0.2) is 4.79 Å². The molecule has 7 nitrogen and oxygen atoms in total. The maximum atomic E-state index is 12.2. The fourth-order valence-corrected chi connectivity index (χ4v) is 2.44. The molecular formula is C22H22N2O5. The van der Waals surface area contributed by atoms with Gasteiger partial charge in [-0.15, -0.1) is 0 Å². The van der Waals surface area contributed by atoms with Gasteiger partial charge in [-0.05, 0) is 43.2 Å². The number of nitrogens with zero attached hydrogens (tertiary/aromatic N) is 1. The van der Waals surface area contributed by atoms with Crippen LogP contribution in [0.25, 0.3) is 0 Å². The Morgan fingerprint density at radius 1 is 1.07 bits per heavy atom. The maximum Gasteiger partial charge on any atom is 0.347 e. The Morgan fingerprint density at radius 3 is 2.31 bits per heavy atom. The van der Waals surface area contributed by atoms with Gasteiger partial charge in [0.25, 0.3) is 0 Å². The first-order valence-electron chi connectivity index (χ1n) is 9.09. The van der Waals surface area contributed by atoms with Crippen LogP contribution in [-0.2, 0) is 20.7 Å². The predicted molar refractivity (Wildman–Crippen MR) is 105 cm³/mol. The fraction of sp³-hybridized carbons (Fsp3) is 0.273. The lowest BCUT2D eigenvalue weighted by atomic mass is 10.1. The number of nitriles is 1. The van der Waals surface area contributed by atoms with Gasteiger partial charge in [-0.2, -0.15) is 5.26 Å². The molecule has 1 atom stereocenters. The summed E-state index contributed by atoms with van der Waals surface area (Å²) in [4.78, 5) is 35.1. The van der Waals surface area contributed by atoms with Gasteiger partial charge in [-0.3, -0.25) is 9.59 Å². The van der Waals surface area contributed by atoms with Crippen molar-refractivity contribution in [2.24, 2.45) is 0 Å². The molecule has 0 unspecified atom stereocenters. The van der Waals surface area contributed by atoms with E-state index in [-0.39, 0.29) is 18.3 Å². The third-order valence-electron chi connectivity index (χ3n) is 4.04. The van der Waals surface area contributed by atoms with E-state index in [2.05, 4.69) is 5.32 Å². The molecule has 2 aromatic carbocycles. The molecule has 0 aliphatic heterocycles. The summed E-state index contributed by atoms with van der Waals surface area (Å²) < 4.78 is 10.5. The van der Waals surface area contributed by atoms with Crippen molar-refractivity contribution in [1.82, 2.24) is 5.32 Å². The van der Waals surface area contributed by atoms with Gasteiger partial charge >= 0.3 is 5.97 Å². The Labute approximate surface area is 169 Å². The van der Waals surface area contributed by atoms with Crippen LogP contribution in [0.2, 0.25) is 0 Å². The van der Waals surface area contributed by atoms with Gasteiger partial charge in [0.2, 0.25) is 5.91 Å². The number of benzene rings is 2. The molecule has 0 aromatic heterocycles. The second-order valence-corrected chi connectivity index (χ2v) is 6.36. The highest BCUT2D eigenvalue weighted by Crippen LogP contribution is 2.14. The van der Waals surface area contributed by atoms with Crippen LogP contribution in [0.3, 0.4) is 0 Å². The number of esters is 1. The molecule has 0 heterocycles. The summed E-state index contributed by atoms with van der Waals surface area (Å²) in [7, 11) is 0. The zero-order chi connectivity index (χ0) is 21.2. The molecule has 29 heavy (non-hydrogen) atoms. The van der Waals surface area contributed by atoms with E-state index in [9.17, 15) is 14.4 Å². The molecule has 1 amide bonds. The fourth-order valence-electron chi connectivity index (χ4n) is 2.44. The minimum atomic E-state index is -0.896. The van der Waals surface area contributed by atoms with E-state index in [1.54, 1.807) is 48.5 Å². The molecule has 0 aliphatic carbocycles. The van der Waals surface area contributed by atoms with Crippen LogP contribution in [-0.4, -0.2) is 36.9 Å². The lowest BCUT2D eigenvalue weighted by molar-refractivity contribution is -0.149. The van der Waals surface area contributed by atoms with E-state index < -0.39 is 12.1 Å². The van der Waals surface area contributed by atoms with Crippen molar-refractivity contribution in [2.45, 2.75) is 26.4 Å². The van der Waals surface area contributed by atoms with E-state index in [1.807, 2.05) is 6.07 Å². The topological polar surface area (TPSA) is 105 Å². The first-order valence-corrected chi connectivity index (χ1v) is 9.09. The van der Waals surface area contributed by atoms with E-state index in [1.165, 1.54) is 13.8 Å². The smallest absolute Gasteiger partial charge is 0.347 e. The van der Waals surface area contributed by atoms with Crippen molar-refractivity contribution in [3.8, 4) is 11.8 Å². The minimum absolute atomic E-state index is 0.0870. The summed E-state index contributed by atoms with van der Waals surface area (Å²) in [5.74, 6) is -0.641. The van der Waals surface area contributed by atoms with Gasteiger partial charge in [0.1, 0.15) is 5.75 Å². The first-order chi connectivity index (χ1) is 13.9. The van der Waals surface area contributed by atoms with Crippen LogP contribution in [0, 0.1) is 11.3 Å². The van der Waals surface area contributed by atoms with Gasteiger partial charge in [0, 0.05) is 19.0 Å². The van der Waals surface area contributed by atoms with Crippen LogP contribution in [0.1, 0.15) is 35.3 Å². The molecule has 2 aromatic rings. The van der Waals surface area contributed by atoms with Crippen molar-refractivity contribution >= 4 is 17.7 Å². The van der Waals surface area contributed by atoms with Gasteiger partial charge in [0.15, 0.2) is 18.5 Å². The number of rotatable bonds is 9. The quantitative estimate of drug-likeness (QED) is 0.517. The molecular weight excluding hydrogens is 372 g/mol. The molecule has 0 saturated heterocycles. The summed E-state index contributed by atoms with van der Waals surface area (Å²) in [6.45, 7) is 3.12. The number of carbonyl (C=O) groups excluding carboxylic acids is 3. The van der Waals surface area contributed by atoms with Crippen LogP contribution in [0.15, 0.2) is 48.5 Å². The van der Waals surface area contributed by atoms with Crippen molar-refractivity contribution in [1.29, 1.82) is 5.26 Å². The lowest BCUT2D eigenvalue weighted by Crippen LogP contribution is -2.28. The van der Waals surface area contributed by atoms with Gasteiger partial charge in [-0.1, -0.05) is 24.3 Å². The zero-order valence-corrected chi connectivity index (χ0v) is 16.3. The molecule has 1 N–H and O–H groups in total. The second-order valence-electron chi connectivity index (χ2n) is 6.36. The summed E-state index contributed by atoms with van der Waals surface area (Å²) in [6, 6.07) is 15.2. The van der Waals surface area contributed by atoms with Crippen LogP contribution in [0.4, 0.5) is 0 Å². The van der Waals surface area contributed by atoms with E-state index in [4.69, 9.17) is 14.7 Å². The first kappa shape index (κ1) is 21.6. The SMILES string of the molecule is CC(=O)NCCc1ccc(C(=O)COC(=O)[C@H](C)Oc2ccc(C#N)cc2)cc1. The van der Waals surface area contributed by atoms with Crippen LogP contribution in [0.5, 0.6) is 5.75 Å². The third kappa shape index (κ3) is 7.11. The standard InChI is InChI=1S/C22H22N2O5/c1-15(29-20-9-5-18(13-23)6-10-20)22(27)28-14-21(26)19-7-3-17(4-8-19)11-12-24-16(2)25/h3-10,15H,11-12,14H2,1-2H3,(H,24,25)/t15-/m0/s1. The molecule has 0 saturated carbocycles. The Morgan fingerprint density at radius 2 is 1.72 bits per heavy atom. The van der Waals surface area contributed by atoms with Crippen LogP contribution >= 0.6 is 0 Å². The maximum absolute atomic E-state index is 12.2. The van der Waals surface area contributed by atoms with Crippen molar-refractivity contribution in [2.75, 3.05) is 13.2 Å². The molecule has 0 spiro atoms. The lowest BCUT2D eigenvalue weighted by Gasteiger charge is -2.13. The van der Waals surface area contributed by atoms with E-state index in [0.717, 1.165) is 5.56 Å². The predicted octanol–water partition coefficient (Wildman–Crippen LogP) is 2.43. The van der Waals surface area contributed by atoms with Gasteiger partial charge < -0.3 is 14.8 Å². The molecule has 7 heteroatoms. The average Bonchev–Trinajstić information content (AvgIpc) is 2.72. The number of ether oxygens (including phenoxy) is 2. The molecule has 0 radical (unpaired) electrons. The molecule has 2 rings (SSSR count). The normalized spacial score (nSPS) is 11.1. The van der Waals surface area contributed by atoms with E-state index in [0.29, 0.717) is 29.8 Å². The number of hydrogen-bond acceptors (Lipinski definition) is 6. The number of carbonyl (C=O) groups is 3. The number of hydrogen-bond donors (Lipinski definition) is 1. The van der Waals surface area contributed by atoms with Crippen molar-refractivity contribution in [3.05, 3.63) is 65.2 Å². The number of Topliss-reactive ketones (excluding diaryl/α,β-unsaturated/α-hetero) is 1. The average molecular weight is 394 g/mol. The summed E-state index contributed by atoms with van der Waals surface area (Å²) in [5.41, 5.74) is 1.90. The van der Waals surface area contributed by atoms with Crippen LogP contribution < -0.4 is 10.1 Å². The highest BCUT2D eigenvalue weighted by Gasteiger charge is 2.18. The van der Waals surface area contributed by atoms with Crippen molar-refractivity contribution in [3.63, 3.8) is 0 Å². The number of nitrogens with one attached hydrogen (secondary N) is 1. The summed E-state index contributed by atoms with van der Waals surface area (Å²) in [6.07, 6.45) is -0.236. The summed E-state index contributed by atoms with van der Waals surface area (Å²) >= 11 is 0. The highest BCUT2D eigenvalue weighted by atomic mass is 16.6. The number of amides is 1. The molecule has 0 aliphatic rings. The second kappa shape index (κ2) is 10.6. The molecule has 0 fully saturated rings. The number of ketones is 1. The van der Waals surface area contributed by atoms with E-state index >= 15 is 0 Å². The highest BCUT2D eigenvalue weighted by molar-refractivity contribution is 5.98. The Bertz CT molecular complexity index is 898. The molecule has 150 valence electrons. The van der Waals surface area contributed by atoms with Crippen molar-refractivity contribution < 1.29 is 23.9 Å². The largest absolute Gasteiger partial charge is 0.479 e. The Kier molecular flexibility index (Phi) is 7.92.